The van der Waals surface area contributed by atoms with Crippen molar-refractivity contribution < 1.29 is 14.3 Å². The van der Waals surface area contributed by atoms with Crippen LogP contribution in [0.5, 0.6) is 0 Å². The molecule has 0 spiro atoms. The Morgan fingerprint density at radius 3 is 2.26 bits per heavy atom. The lowest BCUT2D eigenvalue weighted by Gasteiger charge is -2.33. The smallest absolute Gasteiger partial charge is 0.357 e. The molecule has 4 rings (SSSR count). The van der Waals surface area contributed by atoms with Crippen LogP contribution >= 0.6 is 11.3 Å². The van der Waals surface area contributed by atoms with Crippen molar-refractivity contribution in [1.29, 1.82) is 0 Å². The normalized spacial score (nSPS) is 15.3. The van der Waals surface area contributed by atoms with Crippen molar-refractivity contribution in [3.63, 3.8) is 0 Å². The molecule has 0 saturated carbocycles. The fourth-order valence-electron chi connectivity index (χ4n) is 3.87. The van der Waals surface area contributed by atoms with Gasteiger partial charge in [-0.25, -0.2) is 9.78 Å². The van der Waals surface area contributed by atoms with Gasteiger partial charge in [0.25, 0.3) is 0 Å². The largest absolute Gasteiger partial charge is 0.461 e. The van der Waals surface area contributed by atoms with Gasteiger partial charge in [0, 0.05) is 18.5 Å². The molecule has 1 aromatic heterocycles. The van der Waals surface area contributed by atoms with Gasteiger partial charge in [-0.1, -0.05) is 60.7 Å². The fraction of sp³-hybridized carbons (Fsp3) is 0.360. The Morgan fingerprint density at radius 2 is 1.68 bits per heavy atom. The first-order chi connectivity index (χ1) is 15.2. The third kappa shape index (κ3) is 5.79. The zero-order valence-electron chi connectivity index (χ0n) is 17.8. The second-order valence-electron chi connectivity index (χ2n) is 7.66. The molecule has 0 N–H and O–H groups in total. The van der Waals surface area contributed by atoms with Crippen LogP contribution < -0.4 is 0 Å². The summed E-state index contributed by atoms with van der Waals surface area (Å²) >= 11 is 1.52. The summed E-state index contributed by atoms with van der Waals surface area (Å²) in [4.78, 5) is 18.6. The van der Waals surface area contributed by atoms with Crippen LogP contribution in [0.1, 0.15) is 52.5 Å². The van der Waals surface area contributed by atoms with E-state index in [0.29, 0.717) is 12.3 Å². The predicted octanol–water partition coefficient (Wildman–Crippen LogP) is 5.09. The van der Waals surface area contributed by atoms with E-state index in [4.69, 9.17) is 9.47 Å². The highest BCUT2D eigenvalue weighted by Crippen LogP contribution is 2.30. The molecule has 0 unspecified atom stereocenters. The van der Waals surface area contributed by atoms with Crippen LogP contribution in [0.2, 0.25) is 0 Å². The van der Waals surface area contributed by atoms with Gasteiger partial charge in [0.15, 0.2) is 5.69 Å². The Bertz CT molecular complexity index is 914. The molecule has 31 heavy (non-hydrogen) atoms. The van der Waals surface area contributed by atoms with Gasteiger partial charge in [-0.15, -0.1) is 11.3 Å². The molecule has 0 bridgehead atoms. The second kappa shape index (κ2) is 10.7. The average Bonchev–Trinajstić information content (AvgIpc) is 3.28. The van der Waals surface area contributed by atoms with Crippen LogP contribution in [0.4, 0.5) is 0 Å². The number of aromatic nitrogens is 1. The van der Waals surface area contributed by atoms with Crippen molar-refractivity contribution in [3.8, 4) is 0 Å². The highest BCUT2D eigenvalue weighted by molar-refractivity contribution is 7.09. The summed E-state index contributed by atoms with van der Waals surface area (Å²) in [5.41, 5.74) is 2.78. The molecule has 5 nitrogen and oxygen atoms in total. The van der Waals surface area contributed by atoms with Gasteiger partial charge < -0.3 is 9.47 Å². The first-order valence-electron chi connectivity index (χ1n) is 10.8. The second-order valence-corrected chi connectivity index (χ2v) is 8.60. The summed E-state index contributed by atoms with van der Waals surface area (Å²) < 4.78 is 11.7. The number of thiazole rings is 1. The Morgan fingerprint density at radius 1 is 1.06 bits per heavy atom. The molecular formula is C25H28N2O3S. The number of piperidine rings is 1. The summed E-state index contributed by atoms with van der Waals surface area (Å²) in [6.07, 6.45) is 2.12. The Hall–Kier alpha value is -2.54. The first-order valence-corrected chi connectivity index (χ1v) is 11.7. The summed E-state index contributed by atoms with van der Waals surface area (Å²) in [6.45, 7) is 4.84. The molecule has 6 heteroatoms. The minimum atomic E-state index is -0.343. The van der Waals surface area contributed by atoms with Crippen LogP contribution in [0.3, 0.4) is 0 Å². The van der Waals surface area contributed by atoms with Gasteiger partial charge in [-0.3, -0.25) is 4.90 Å². The van der Waals surface area contributed by atoms with Gasteiger partial charge in [0.2, 0.25) is 0 Å². The predicted molar refractivity (Wildman–Crippen MR) is 122 cm³/mol. The van der Waals surface area contributed by atoms with Gasteiger partial charge in [0.05, 0.1) is 19.3 Å². The summed E-state index contributed by atoms with van der Waals surface area (Å²) in [6, 6.07) is 20.9. The number of esters is 1. The Balaban J connectivity index is 1.34. The maximum atomic E-state index is 11.8. The molecule has 1 fully saturated rings. The molecule has 2 heterocycles. The molecule has 1 aliphatic rings. The molecule has 0 amide bonds. The van der Waals surface area contributed by atoms with Crippen molar-refractivity contribution in [2.24, 2.45) is 0 Å². The molecule has 0 aliphatic carbocycles. The van der Waals surface area contributed by atoms with E-state index in [-0.39, 0.29) is 18.2 Å². The fourth-order valence-corrected chi connectivity index (χ4v) is 4.68. The summed E-state index contributed by atoms with van der Waals surface area (Å²) in [5.74, 6) is -0.343. The van der Waals surface area contributed by atoms with Crippen molar-refractivity contribution >= 4 is 17.3 Å². The summed E-state index contributed by atoms with van der Waals surface area (Å²) in [5, 5.41) is 2.74. The SMILES string of the molecule is CCOC(=O)c1csc(CN2CCC(OC(c3ccccc3)c3ccccc3)CC2)n1. The van der Waals surface area contributed by atoms with Gasteiger partial charge in [-0.2, -0.15) is 0 Å². The monoisotopic (exact) mass is 436 g/mol. The molecule has 0 radical (unpaired) electrons. The van der Waals surface area contributed by atoms with Gasteiger partial charge >= 0.3 is 5.97 Å². The zero-order valence-corrected chi connectivity index (χ0v) is 18.6. The van der Waals surface area contributed by atoms with E-state index in [9.17, 15) is 4.79 Å². The minimum absolute atomic E-state index is 0.0509. The lowest BCUT2D eigenvalue weighted by atomic mass is 10.00. The lowest BCUT2D eigenvalue weighted by Crippen LogP contribution is -2.37. The van der Waals surface area contributed by atoms with Gasteiger partial charge in [-0.05, 0) is 30.9 Å². The van der Waals surface area contributed by atoms with E-state index in [1.165, 1.54) is 22.5 Å². The number of benzene rings is 2. The van der Waals surface area contributed by atoms with Crippen LogP contribution in [0.15, 0.2) is 66.0 Å². The molecule has 3 aromatic rings. The molecule has 2 aromatic carbocycles. The average molecular weight is 437 g/mol. The highest BCUT2D eigenvalue weighted by Gasteiger charge is 2.25. The highest BCUT2D eigenvalue weighted by atomic mass is 32.1. The van der Waals surface area contributed by atoms with E-state index in [2.05, 4.69) is 58.4 Å². The zero-order chi connectivity index (χ0) is 21.5. The number of carbonyl (C=O) groups is 1. The van der Waals surface area contributed by atoms with E-state index in [0.717, 1.165) is 37.5 Å². The summed E-state index contributed by atoms with van der Waals surface area (Å²) in [7, 11) is 0. The van der Waals surface area contributed by atoms with Crippen molar-refractivity contribution in [3.05, 3.63) is 87.9 Å². The number of ether oxygens (including phenoxy) is 2. The number of likely N-dealkylation sites (tertiary alicyclic amines) is 1. The van der Waals surface area contributed by atoms with Crippen LogP contribution in [-0.2, 0) is 16.0 Å². The van der Waals surface area contributed by atoms with E-state index in [1.54, 1.807) is 12.3 Å². The van der Waals surface area contributed by atoms with Crippen molar-refractivity contribution in [1.82, 2.24) is 9.88 Å². The Labute approximate surface area is 187 Å². The maximum Gasteiger partial charge on any atom is 0.357 e. The third-order valence-corrected chi connectivity index (χ3v) is 6.30. The number of carbonyl (C=O) groups excluding carboxylic acids is 1. The van der Waals surface area contributed by atoms with E-state index < -0.39 is 0 Å². The first kappa shape index (κ1) is 21.7. The van der Waals surface area contributed by atoms with E-state index in [1.807, 2.05) is 12.1 Å². The molecule has 1 saturated heterocycles. The molecule has 0 atom stereocenters. The van der Waals surface area contributed by atoms with Crippen LogP contribution in [-0.4, -0.2) is 41.7 Å². The van der Waals surface area contributed by atoms with Crippen LogP contribution in [0.25, 0.3) is 0 Å². The van der Waals surface area contributed by atoms with Gasteiger partial charge in [0.1, 0.15) is 11.1 Å². The molecular weight excluding hydrogens is 408 g/mol. The van der Waals surface area contributed by atoms with Crippen molar-refractivity contribution in [2.45, 2.75) is 38.5 Å². The molecule has 162 valence electrons. The third-order valence-electron chi connectivity index (χ3n) is 5.46. The topological polar surface area (TPSA) is 51.7 Å². The standard InChI is InChI=1S/C25H28N2O3S/c1-2-29-25(28)22-18-31-23(26-22)17-27-15-13-21(14-16-27)30-24(19-9-5-3-6-10-19)20-11-7-4-8-12-20/h3-12,18,21,24H,2,13-17H2,1H3. The van der Waals surface area contributed by atoms with Crippen LogP contribution in [0, 0.1) is 0 Å². The number of hydrogen-bond acceptors (Lipinski definition) is 6. The number of hydrogen-bond donors (Lipinski definition) is 0. The van der Waals surface area contributed by atoms with Crippen molar-refractivity contribution in [2.75, 3.05) is 19.7 Å². The maximum absolute atomic E-state index is 11.8. The van der Waals surface area contributed by atoms with E-state index >= 15 is 0 Å². The lowest BCUT2D eigenvalue weighted by molar-refractivity contribution is -0.0281. The minimum Gasteiger partial charge on any atom is -0.461 e. The number of rotatable bonds is 8. The Kier molecular flexibility index (Phi) is 7.46. The quantitative estimate of drug-likeness (QED) is 0.460. The molecule has 1 aliphatic heterocycles. The number of nitrogens with zero attached hydrogens (tertiary/aromatic N) is 2.